The molecule has 0 aromatic heterocycles. The first-order chi connectivity index (χ1) is 14.6. The van der Waals surface area contributed by atoms with Gasteiger partial charge in [-0.2, -0.15) is 0 Å². The van der Waals surface area contributed by atoms with Crippen LogP contribution < -0.4 is 0 Å². The first-order valence-corrected chi connectivity index (χ1v) is 13.3. The fraction of sp³-hybridized carbons (Fsp3) is 0.917. The first-order valence-electron chi connectivity index (χ1n) is 11.7. The van der Waals surface area contributed by atoms with Crippen LogP contribution in [0.3, 0.4) is 0 Å². The normalized spacial score (nSPS) is 23.1. The van der Waals surface area contributed by atoms with Crippen molar-refractivity contribution < 1.29 is 32.7 Å². The van der Waals surface area contributed by atoms with Crippen molar-refractivity contribution in [3.05, 3.63) is 0 Å². The average molecular weight is 479 g/mol. The molecule has 0 saturated heterocycles. The minimum absolute atomic E-state index is 0.120. The predicted octanol–water partition coefficient (Wildman–Crippen LogP) is 6.04. The lowest BCUT2D eigenvalue weighted by atomic mass is 9.66. The summed E-state index contributed by atoms with van der Waals surface area (Å²) in [4.78, 5) is 22.7. The first kappa shape index (κ1) is 31.2. The molecule has 0 aromatic carbocycles. The van der Waals surface area contributed by atoms with Gasteiger partial charge in [0.05, 0.1) is 19.3 Å². The SMILES string of the molecule is CCC1CC(OC)C(C)(C)C1(C)C.CCOP(=O)(OCC)C(CC=O)C(=O)OC(C)(C)C. The summed E-state index contributed by atoms with van der Waals surface area (Å²) >= 11 is 0. The lowest BCUT2D eigenvalue weighted by Gasteiger charge is -2.40. The number of carbonyl (C=O) groups is 2. The fourth-order valence-corrected chi connectivity index (χ4v) is 6.06. The van der Waals surface area contributed by atoms with Crippen molar-refractivity contribution in [3.8, 4) is 0 Å². The van der Waals surface area contributed by atoms with Gasteiger partial charge >= 0.3 is 13.6 Å². The Hall–Kier alpha value is -0.750. The molecule has 0 heterocycles. The molecule has 0 aromatic rings. The quantitative estimate of drug-likeness (QED) is 0.215. The highest BCUT2D eigenvalue weighted by Crippen LogP contribution is 2.57. The number of methoxy groups -OCH3 is 1. The van der Waals surface area contributed by atoms with E-state index in [1.807, 2.05) is 7.11 Å². The van der Waals surface area contributed by atoms with Gasteiger partial charge in [0.1, 0.15) is 11.9 Å². The fourth-order valence-electron chi connectivity index (χ4n) is 4.25. The molecule has 1 fully saturated rings. The van der Waals surface area contributed by atoms with Crippen LogP contribution in [0.5, 0.6) is 0 Å². The molecular formula is C24H47O7P. The number of aldehydes is 1. The van der Waals surface area contributed by atoms with E-state index in [0.29, 0.717) is 23.2 Å². The Balaban J connectivity index is 0.000000641. The van der Waals surface area contributed by atoms with Gasteiger partial charge in [0.25, 0.3) is 0 Å². The third-order valence-corrected chi connectivity index (χ3v) is 9.18. The largest absolute Gasteiger partial charge is 0.459 e. The third kappa shape index (κ3) is 7.93. The van der Waals surface area contributed by atoms with Crippen molar-refractivity contribution in [1.29, 1.82) is 0 Å². The van der Waals surface area contributed by atoms with E-state index < -0.39 is 24.8 Å². The lowest BCUT2D eigenvalue weighted by molar-refractivity contribution is -0.155. The second kappa shape index (κ2) is 12.6. The topological polar surface area (TPSA) is 88.1 Å². The maximum absolute atomic E-state index is 12.5. The van der Waals surface area contributed by atoms with E-state index in [1.54, 1.807) is 34.6 Å². The second-order valence-corrected chi connectivity index (χ2v) is 12.6. The minimum Gasteiger partial charge on any atom is -0.459 e. The van der Waals surface area contributed by atoms with Crippen LogP contribution in [0.1, 0.15) is 88.5 Å². The zero-order chi connectivity index (χ0) is 25.4. The van der Waals surface area contributed by atoms with E-state index in [0.717, 1.165) is 5.92 Å². The van der Waals surface area contributed by atoms with E-state index in [9.17, 15) is 14.2 Å². The second-order valence-electron chi connectivity index (χ2n) is 10.3. The van der Waals surface area contributed by atoms with Crippen molar-refractivity contribution >= 4 is 19.9 Å². The van der Waals surface area contributed by atoms with Gasteiger partial charge in [-0.15, -0.1) is 0 Å². The average Bonchev–Trinajstić information content (AvgIpc) is 2.83. The molecule has 7 nitrogen and oxygen atoms in total. The molecule has 0 aliphatic heterocycles. The number of carbonyl (C=O) groups excluding carboxylic acids is 2. The van der Waals surface area contributed by atoms with Gasteiger partial charge in [-0.1, -0.05) is 41.0 Å². The Morgan fingerprint density at radius 3 is 1.84 bits per heavy atom. The summed E-state index contributed by atoms with van der Waals surface area (Å²) in [6, 6.07) is 0. The molecule has 190 valence electrons. The van der Waals surface area contributed by atoms with Crippen LogP contribution in [-0.2, 0) is 32.7 Å². The summed E-state index contributed by atoms with van der Waals surface area (Å²) in [6.45, 7) is 20.3. The van der Waals surface area contributed by atoms with E-state index in [-0.39, 0.29) is 19.6 Å². The zero-order valence-electron chi connectivity index (χ0n) is 22.1. The van der Waals surface area contributed by atoms with Gasteiger partial charge in [0.2, 0.25) is 0 Å². The molecule has 3 unspecified atom stereocenters. The van der Waals surface area contributed by atoms with Crippen LogP contribution in [0.15, 0.2) is 0 Å². The number of hydrogen-bond donors (Lipinski definition) is 0. The minimum atomic E-state index is -3.69. The highest BCUT2D eigenvalue weighted by Gasteiger charge is 2.54. The molecule has 8 heteroatoms. The summed E-state index contributed by atoms with van der Waals surface area (Å²) in [5.41, 5.74) is -1.24. The molecule has 0 bridgehead atoms. The van der Waals surface area contributed by atoms with E-state index in [1.165, 1.54) is 12.8 Å². The summed E-state index contributed by atoms with van der Waals surface area (Å²) in [5.74, 6) is 0.0669. The lowest BCUT2D eigenvalue weighted by Crippen LogP contribution is -2.37. The van der Waals surface area contributed by atoms with Crippen LogP contribution in [0, 0.1) is 16.7 Å². The maximum atomic E-state index is 12.5. The molecule has 0 spiro atoms. The highest BCUT2D eigenvalue weighted by atomic mass is 31.2. The van der Waals surface area contributed by atoms with Crippen LogP contribution in [0.25, 0.3) is 0 Å². The van der Waals surface area contributed by atoms with Gasteiger partial charge in [-0.25, -0.2) is 0 Å². The molecule has 1 aliphatic rings. The monoisotopic (exact) mass is 478 g/mol. The Bertz CT molecular complexity index is 607. The molecule has 3 atom stereocenters. The van der Waals surface area contributed by atoms with E-state index in [2.05, 4.69) is 34.6 Å². The van der Waals surface area contributed by atoms with Gasteiger partial charge in [-0.05, 0) is 57.8 Å². The Morgan fingerprint density at radius 2 is 1.56 bits per heavy atom. The maximum Gasteiger partial charge on any atom is 0.345 e. The van der Waals surface area contributed by atoms with Gasteiger partial charge in [-0.3, -0.25) is 9.36 Å². The summed E-state index contributed by atoms with van der Waals surface area (Å²) < 4.78 is 33.5. The Labute approximate surface area is 195 Å². The van der Waals surface area contributed by atoms with Crippen LogP contribution in [0.2, 0.25) is 0 Å². The summed E-state index contributed by atoms with van der Waals surface area (Å²) in [5, 5.41) is 0. The number of hydrogen-bond acceptors (Lipinski definition) is 7. The summed E-state index contributed by atoms with van der Waals surface area (Å²) in [7, 11) is -1.85. The smallest absolute Gasteiger partial charge is 0.345 e. The van der Waals surface area contributed by atoms with Crippen molar-refractivity contribution in [2.45, 2.75) is 106 Å². The van der Waals surface area contributed by atoms with Crippen LogP contribution in [0.4, 0.5) is 0 Å². The van der Waals surface area contributed by atoms with Crippen LogP contribution in [-0.4, -0.2) is 49.9 Å². The van der Waals surface area contributed by atoms with Crippen molar-refractivity contribution in [1.82, 2.24) is 0 Å². The van der Waals surface area contributed by atoms with E-state index in [4.69, 9.17) is 18.5 Å². The molecule has 32 heavy (non-hydrogen) atoms. The number of ether oxygens (including phenoxy) is 2. The molecule has 1 aliphatic carbocycles. The molecule has 1 rings (SSSR count). The molecule has 0 amide bonds. The van der Waals surface area contributed by atoms with E-state index >= 15 is 0 Å². The highest BCUT2D eigenvalue weighted by molar-refractivity contribution is 7.55. The summed E-state index contributed by atoms with van der Waals surface area (Å²) in [6.07, 6.45) is 3.20. The van der Waals surface area contributed by atoms with Crippen molar-refractivity contribution in [2.75, 3.05) is 20.3 Å². The number of esters is 1. The van der Waals surface area contributed by atoms with Gasteiger partial charge in [0, 0.05) is 13.5 Å². The van der Waals surface area contributed by atoms with Crippen LogP contribution >= 0.6 is 7.60 Å². The van der Waals surface area contributed by atoms with Crippen molar-refractivity contribution in [3.63, 3.8) is 0 Å². The predicted molar refractivity (Wildman–Crippen MR) is 128 cm³/mol. The standard InChI is InChI=1S/C12H23O6P.C12H24O/c1-6-16-19(15,17-7-2)10(8-9-13)11(14)18-12(3,4)5;1-7-9-8-10(13-6)12(4,5)11(9,2)3/h9-10H,6-8H2,1-5H3;9-10H,7-8H2,1-6H3. The van der Waals surface area contributed by atoms with Gasteiger partial charge in [0.15, 0.2) is 5.66 Å². The molecule has 0 N–H and O–H groups in total. The zero-order valence-corrected chi connectivity index (χ0v) is 23.0. The van der Waals surface area contributed by atoms with Crippen molar-refractivity contribution in [2.24, 2.45) is 16.7 Å². The Morgan fingerprint density at radius 1 is 1.06 bits per heavy atom. The molecule has 1 saturated carbocycles. The molecule has 0 radical (unpaired) electrons. The Kier molecular flexibility index (Phi) is 12.3. The van der Waals surface area contributed by atoms with Gasteiger partial charge < -0.3 is 23.3 Å². The third-order valence-electron chi connectivity index (χ3n) is 6.76. The number of rotatable bonds is 10. The molecular weight excluding hydrogens is 431 g/mol.